The second-order valence-corrected chi connectivity index (χ2v) is 8.70. The first kappa shape index (κ1) is 25.1. The molecule has 0 saturated carbocycles. The van der Waals surface area contributed by atoms with Gasteiger partial charge in [-0.25, -0.2) is 4.98 Å². The third-order valence-corrected chi connectivity index (χ3v) is 6.63. The van der Waals surface area contributed by atoms with E-state index in [1.165, 1.54) is 23.1 Å². The van der Waals surface area contributed by atoms with Gasteiger partial charge in [0.1, 0.15) is 11.3 Å². The number of Topliss-reactive ketones (excluding diaryl/α,β-unsaturated/α-hetero) is 1. The number of nitrogens with zero attached hydrogens (tertiary/aromatic N) is 5. The zero-order valence-corrected chi connectivity index (χ0v) is 20.5. The summed E-state index contributed by atoms with van der Waals surface area (Å²) in [4.78, 5) is 45.6. The molecule has 3 aromatic rings. The fourth-order valence-corrected chi connectivity index (χ4v) is 4.80. The smallest absolute Gasteiger partial charge is 0.295 e. The molecule has 1 aliphatic rings. The van der Waals surface area contributed by atoms with Gasteiger partial charge in [0.25, 0.3) is 17.4 Å². The number of hydrogen-bond acceptors (Lipinski definition) is 7. The Balaban J connectivity index is 1.85. The second-order valence-electron chi connectivity index (χ2n) is 8.70. The number of aliphatic hydroxyl groups is 1. The number of aryl methyl sites for hydroxylation is 1. The lowest BCUT2D eigenvalue weighted by Crippen LogP contribution is -2.33. The van der Waals surface area contributed by atoms with Gasteiger partial charge in [-0.15, -0.1) is 0 Å². The number of carbonyl (C=O) groups is 2. The Morgan fingerprint density at radius 1 is 1.17 bits per heavy atom. The zero-order chi connectivity index (χ0) is 26.0. The lowest BCUT2D eigenvalue weighted by molar-refractivity contribution is -0.384. The van der Waals surface area contributed by atoms with Crippen LogP contribution in [0.5, 0.6) is 0 Å². The summed E-state index contributed by atoms with van der Waals surface area (Å²) in [5.41, 5.74) is 1.51. The van der Waals surface area contributed by atoms with Gasteiger partial charge in [-0.3, -0.25) is 24.1 Å². The predicted octanol–water partition coefficient (Wildman–Crippen LogP) is 3.70. The van der Waals surface area contributed by atoms with Crippen molar-refractivity contribution < 1.29 is 19.6 Å². The van der Waals surface area contributed by atoms with Crippen molar-refractivity contribution in [3.63, 3.8) is 0 Å². The van der Waals surface area contributed by atoms with Gasteiger partial charge >= 0.3 is 0 Å². The summed E-state index contributed by atoms with van der Waals surface area (Å²) in [6.45, 7) is 8.52. The van der Waals surface area contributed by atoms with Crippen LogP contribution in [0, 0.1) is 17.0 Å². The molecule has 1 fully saturated rings. The fraction of sp³-hybridized carbons (Fsp3) is 0.346. The van der Waals surface area contributed by atoms with Crippen molar-refractivity contribution in [3.05, 3.63) is 81.3 Å². The molecule has 10 heteroatoms. The third kappa shape index (κ3) is 4.47. The van der Waals surface area contributed by atoms with Crippen LogP contribution >= 0.6 is 0 Å². The molecular weight excluding hydrogens is 462 g/mol. The van der Waals surface area contributed by atoms with E-state index in [0.29, 0.717) is 29.0 Å². The van der Waals surface area contributed by atoms with Gasteiger partial charge < -0.3 is 14.9 Å². The van der Waals surface area contributed by atoms with Crippen LogP contribution in [0.25, 0.3) is 11.4 Å². The maximum absolute atomic E-state index is 13.3. The molecule has 2 aromatic heterocycles. The average molecular weight is 492 g/mol. The maximum atomic E-state index is 13.3. The number of likely N-dealkylation sites (tertiary alicyclic amines) is 1. The number of nitro benzene ring substituents is 1. The average Bonchev–Trinajstić information content (AvgIpc) is 3.34. The first-order valence-corrected chi connectivity index (χ1v) is 12.0. The maximum Gasteiger partial charge on any atom is 0.295 e. The minimum Gasteiger partial charge on any atom is -0.505 e. The number of ketones is 1. The number of imidazole rings is 1. The number of carbonyl (C=O) groups excluding carboxylic acids is 2. The van der Waals surface area contributed by atoms with E-state index in [2.05, 4.69) is 23.7 Å². The minimum atomic E-state index is -0.963. The summed E-state index contributed by atoms with van der Waals surface area (Å²) in [6, 6.07) is 10.2. The van der Waals surface area contributed by atoms with Gasteiger partial charge in [-0.2, -0.15) is 0 Å². The van der Waals surface area contributed by atoms with E-state index >= 15 is 0 Å². The Morgan fingerprint density at radius 2 is 1.92 bits per heavy atom. The van der Waals surface area contributed by atoms with Crippen LogP contribution in [0.3, 0.4) is 0 Å². The van der Waals surface area contributed by atoms with Gasteiger partial charge in [0, 0.05) is 24.9 Å². The van der Waals surface area contributed by atoms with Crippen molar-refractivity contribution in [2.75, 3.05) is 26.2 Å². The largest absolute Gasteiger partial charge is 0.505 e. The number of nitro groups is 1. The van der Waals surface area contributed by atoms with E-state index in [1.54, 1.807) is 35.7 Å². The molecule has 1 aromatic carbocycles. The summed E-state index contributed by atoms with van der Waals surface area (Å²) in [7, 11) is 0. The molecule has 1 saturated heterocycles. The van der Waals surface area contributed by atoms with Crippen LogP contribution in [0.4, 0.5) is 5.69 Å². The van der Waals surface area contributed by atoms with E-state index in [1.807, 2.05) is 6.07 Å². The Morgan fingerprint density at radius 3 is 2.61 bits per heavy atom. The summed E-state index contributed by atoms with van der Waals surface area (Å²) in [5.74, 6) is -1.91. The van der Waals surface area contributed by atoms with Crippen molar-refractivity contribution in [2.45, 2.75) is 33.2 Å². The second kappa shape index (κ2) is 10.3. The lowest BCUT2D eigenvalue weighted by atomic mass is 9.96. The number of aliphatic hydroxyl groups excluding tert-OH is 1. The van der Waals surface area contributed by atoms with Crippen LogP contribution in [0.1, 0.15) is 43.3 Å². The first-order valence-electron chi connectivity index (χ1n) is 12.0. The summed E-state index contributed by atoms with van der Waals surface area (Å²) >= 11 is 0. The molecule has 0 aliphatic carbocycles. The Hall–Kier alpha value is -4.05. The molecule has 188 valence electrons. The predicted molar refractivity (Wildman–Crippen MR) is 134 cm³/mol. The molecule has 0 bridgehead atoms. The quantitative estimate of drug-likeness (QED) is 0.159. The molecule has 0 spiro atoms. The molecule has 36 heavy (non-hydrogen) atoms. The minimum absolute atomic E-state index is 0.0999. The number of benzene rings is 1. The summed E-state index contributed by atoms with van der Waals surface area (Å²) in [5, 5.41) is 22.9. The van der Waals surface area contributed by atoms with Gasteiger partial charge in [-0.05, 0) is 50.7 Å². The SMILES string of the molecule is CCN(CC)CCCN1C(=O)C(=O)C(=C(O)c2c(C)nc3ccccn23)[C@@H]1c1cccc([N+](=O)[O-])c1. The van der Waals surface area contributed by atoms with Crippen LogP contribution in [0.2, 0.25) is 0 Å². The molecular formula is C26H29N5O5. The van der Waals surface area contributed by atoms with Crippen molar-refractivity contribution in [3.8, 4) is 0 Å². The van der Waals surface area contributed by atoms with Gasteiger partial charge in [0.15, 0.2) is 5.76 Å². The molecule has 1 N–H and O–H groups in total. The van der Waals surface area contributed by atoms with Crippen molar-refractivity contribution in [1.82, 2.24) is 19.2 Å². The van der Waals surface area contributed by atoms with E-state index in [4.69, 9.17) is 0 Å². The van der Waals surface area contributed by atoms with E-state index in [0.717, 1.165) is 19.6 Å². The first-order chi connectivity index (χ1) is 17.3. The number of fused-ring (bicyclic) bond motifs is 1. The molecule has 1 aliphatic heterocycles. The van der Waals surface area contributed by atoms with Gasteiger partial charge in [0.05, 0.1) is 22.2 Å². The highest BCUT2D eigenvalue weighted by atomic mass is 16.6. The standard InChI is InChI=1S/C26H29N5O5/c1-4-28(5-2)13-9-15-30-23(18-10-8-11-19(16-18)31(35)36)21(25(33)26(30)34)24(32)22-17(3)27-20-12-6-7-14-29(20)22/h6-8,10-12,14,16,23,32H,4-5,9,13,15H2,1-3H3/t23-/m0/s1. The Bertz CT molecular complexity index is 1360. The van der Waals surface area contributed by atoms with Gasteiger partial charge in [0.2, 0.25) is 0 Å². The highest BCUT2D eigenvalue weighted by molar-refractivity contribution is 6.46. The summed E-state index contributed by atoms with van der Waals surface area (Å²) in [6.07, 6.45) is 2.32. The number of amides is 1. The zero-order valence-electron chi connectivity index (χ0n) is 20.5. The van der Waals surface area contributed by atoms with Crippen LogP contribution < -0.4 is 0 Å². The van der Waals surface area contributed by atoms with Crippen LogP contribution in [0.15, 0.2) is 54.2 Å². The number of pyridine rings is 1. The number of aromatic nitrogens is 2. The van der Waals surface area contributed by atoms with Crippen LogP contribution in [-0.2, 0) is 9.59 Å². The van der Waals surface area contributed by atoms with E-state index in [-0.39, 0.29) is 23.6 Å². The van der Waals surface area contributed by atoms with Crippen molar-refractivity contribution in [2.24, 2.45) is 0 Å². The number of non-ortho nitro benzene ring substituents is 1. The van der Waals surface area contributed by atoms with Crippen molar-refractivity contribution in [1.29, 1.82) is 0 Å². The molecule has 1 amide bonds. The monoisotopic (exact) mass is 491 g/mol. The van der Waals surface area contributed by atoms with Crippen molar-refractivity contribution >= 4 is 28.8 Å². The molecule has 10 nitrogen and oxygen atoms in total. The molecule has 0 radical (unpaired) electrons. The molecule has 0 unspecified atom stereocenters. The Kier molecular flexibility index (Phi) is 7.16. The highest BCUT2D eigenvalue weighted by Gasteiger charge is 2.46. The fourth-order valence-electron chi connectivity index (χ4n) is 4.80. The topological polar surface area (TPSA) is 121 Å². The molecule has 1 atom stereocenters. The lowest BCUT2D eigenvalue weighted by Gasteiger charge is -2.26. The normalized spacial score (nSPS) is 17.4. The van der Waals surface area contributed by atoms with E-state index < -0.39 is 22.7 Å². The van der Waals surface area contributed by atoms with Crippen LogP contribution in [-0.4, -0.2) is 67.1 Å². The van der Waals surface area contributed by atoms with E-state index in [9.17, 15) is 24.8 Å². The van der Waals surface area contributed by atoms with Gasteiger partial charge in [-0.1, -0.05) is 32.0 Å². The molecule has 4 rings (SSSR count). The summed E-state index contributed by atoms with van der Waals surface area (Å²) < 4.78 is 1.66. The molecule has 3 heterocycles. The number of hydrogen-bond donors (Lipinski definition) is 1. The third-order valence-electron chi connectivity index (χ3n) is 6.63. The number of rotatable bonds is 9. The Labute approximate surface area is 208 Å². The highest BCUT2D eigenvalue weighted by Crippen LogP contribution is 2.40.